The first-order valence-corrected chi connectivity index (χ1v) is 6.70. The van der Waals surface area contributed by atoms with Gasteiger partial charge in [-0.2, -0.15) is 0 Å². The Hall–Kier alpha value is -1.04. The van der Waals surface area contributed by atoms with Crippen molar-refractivity contribution in [3.05, 3.63) is 33.3 Å². The predicted molar refractivity (Wildman–Crippen MR) is 77.6 cm³/mol. The van der Waals surface area contributed by atoms with Crippen LogP contribution in [0.5, 0.6) is 5.75 Å². The van der Waals surface area contributed by atoms with Gasteiger partial charge >= 0.3 is 5.97 Å². The monoisotopic (exact) mass is 348 g/mol. The molecule has 0 aromatic heterocycles. The van der Waals surface area contributed by atoms with Crippen molar-refractivity contribution in [3.8, 4) is 5.75 Å². The van der Waals surface area contributed by atoms with Crippen molar-refractivity contribution >= 4 is 39.6 Å². The van der Waals surface area contributed by atoms with Crippen molar-refractivity contribution < 1.29 is 19.4 Å². The summed E-state index contributed by atoms with van der Waals surface area (Å²) >= 11 is 9.53. The Bertz CT molecular complexity index is 451. The molecule has 0 aliphatic heterocycles. The maximum Gasteiger partial charge on any atom is 0.303 e. The summed E-state index contributed by atoms with van der Waals surface area (Å²) in [5.74, 6) is -0.223. The van der Waals surface area contributed by atoms with E-state index in [1.165, 1.54) is 7.11 Å². The minimum Gasteiger partial charge on any atom is -0.481 e. The van der Waals surface area contributed by atoms with Crippen molar-refractivity contribution in [1.82, 2.24) is 0 Å². The molecule has 6 heteroatoms. The second kappa shape index (κ2) is 8.19. The number of methoxy groups -OCH3 is 1. The third-order valence-electron chi connectivity index (χ3n) is 2.21. The summed E-state index contributed by atoms with van der Waals surface area (Å²) in [5, 5.41) is 9.06. The summed E-state index contributed by atoms with van der Waals surface area (Å²) in [7, 11) is 1.54. The van der Waals surface area contributed by atoms with E-state index in [0.29, 0.717) is 17.2 Å². The van der Waals surface area contributed by atoms with Crippen molar-refractivity contribution in [2.24, 2.45) is 0 Å². The van der Waals surface area contributed by atoms with E-state index in [4.69, 9.17) is 26.2 Å². The van der Waals surface area contributed by atoms with E-state index >= 15 is 0 Å². The summed E-state index contributed by atoms with van der Waals surface area (Å²) in [6, 6.07) is 3.46. The SMILES string of the molecule is COCOc1cc(Cl)c(/C=C/CCC(=O)O)c(Br)c1. The van der Waals surface area contributed by atoms with Gasteiger partial charge in [0.2, 0.25) is 0 Å². The topological polar surface area (TPSA) is 55.8 Å². The number of carboxylic acid groups (broad SMARTS) is 1. The van der Waals surface area contributed by atoms with Gasteiger partial charge in [0.1, 0.15) is 5.75 Å². The van der Waals surface area contributed by atoms with Crippen LogP contribution in [0, 0.1) is 0 Å². The van der Waals surface area contributed by atoms with E-state index in [-0.39, 0.29) is 13.2 Å². The molecule has 0 saturated carbocycles. The van der Waals surface area contributed by atoms with Gasteiger partial charge in [0.05, 0.1) is 5.02 Å². The van der Waals surface area contributed by atoms with Gasteiger partial charge in [0, 0.05) is 23.6 Å². The fraction of sp³-hybridized carbons (Fsp3) is 0.308. The molecule has 0 fully saturated rings. The normalized spacial score (nSPS) is 10.9. The van der Waals surface area contributed by atoms with Crippen LogP contribution < -0.4 is 4.74 Å². The number of benzene rings is 1. The molecule has 1 aromatic carbocycles. The summed E-state index contributed by atoms with van der Waals surface area (Å²) in [5.41, 5.74) is 0.789. The summed E-state index contributed by atoms with van der Waals surface area (Å²) in [4.78, 5) is 10.4. The number of hydrogen-bond acceptors (Lipinski definition) is 3. The molecule has 0 saturated heterocycles. The molecule has 0 unspecified atom stereocenters. The number of ether oxygens (including phenoxy) is 2. The Kier molecular flexibility index (Phi) is 6.91. The molecular formula is C13H14BrClO4. The molecule has 0 radical (unpaired) electrons. The van der Waals surface area contributed by atoms with Crippen molar-refractivity contribution in [2.45, 2.75) is 12.8 Å². The number of halogens is 2. The highest BCUT2D eigenvalue weighted by Gasteiger charge is 2.06. The van der Waals surface area contributed by atoms with Crippen LogP contribution in [0.25, 0.3) is 6.08 Å². The highest BCUT2D eigenvalue weighted by molar-refractivity contribution is 9.10. The van der Waals surface area contributed by atoms with Gasteiger partial charge in [0.25, 0.3) is 0 Å². The Labute approximate surface area is 125 Å². The second-order valence-corrected chi connectivity index (χ2v) is 4.95. The van der Waals surface area contributed by atoms with E-state index < -0.39 is 5.97 Å². The van der Waals surface area contributed by atoms with Crippen molar-refractivity contribution in [3.63, 3.8) is 0 Å². The van der Waals surface area contributed by atoms with Gasteiger partial charge < -0.3 is 14.6 Å². The van der Waals surface area contributed by atoms with Crippen molar-refractivity contribution in [2.75, 3.05) is 13.9 Å². The number of allylic oxidation sites excluding steroid dienone is 1. The van der Waals surface area contributed by atoms with Crippen LogP contribution in [0.1, 0.15) is 18.4 Å². The highest BCUT2D eigenvalue weighted by Crippen LogP contribution is 2.31. The average Bonchev–Trinajstić information content (AvgIpc) is 2.34. The first-order valence-electron chi connectivity index (χ1n) is 5.53. The minimum atomic E-state index is -0.821. The van der Waals surface area contributed by atoms with Crippen LogP contribution >= 0.6 is 27.5 Å². The molecule has 0 heterocycles. The van der Waals surface area contributed by atoms with Crippen LogP contribution in [0.15, 0.2) is 22.7 Å². The average molecular weight is 350 g/mol. The molecule has 0 spiro atoms. The Morgan fingerprint density at radius 2 is 2.26 bits per heavy atom. The zero-order chi connectivity index (χ0) is 14.3. The van der Waals surface area contributed by atoms with Gasteiger partial charge in [-0.25, -0.2) is 0 Å². The molecule has 0 amide bonds. The van der Waals surface area contributed by atoms with E-state index in [0.717, 1.165) is 10.0 Å². The smallest absolute Gasteiger partial charge is 0.303 e. The first-order chi connectivity index (χ1) is 9.04. The molecule has 1 aromatic rings. The fourth-order valence-electron chi connectivity index (χ4n) is 1.34. The molecular weight excluding hydrogens is 335 g/mol. The molecule has 0 aliphatic carbocycles. The van der Waals surface area contributed by atoms with E-state index in [9.17, 15) is 4.79 Å². The Morgan fingerprint density at radius 3 is 2.84 bits per heavy atom. The van der Waals surface area contributed by atoms with Gasteiger partial charge in [-0.1, -0.05) is 23.8 Å². The summed E-state index contributed by atoms with van der Waals surface area (Å²) < 4.78 is 10.9. The van der Waals surface area contributed by atoms with Crippen LogP contribution in [-0.2, 0) is 9.53 Å². The van der Waals surface area contributed by atoms with Gasteiger partial charge in [-0.3, -0.25) is 4.79 Å². The van der Waals surface area contributed by atoms with Crippen LogP contribution in [0.3, 0.4) is 0 Å². The lowest BCUT2D eigenvalue weighted by atomic mass is 10.1. The molecule has 0 bridgehead atoms. The van der Waals surface area contributed by atoms with Crippen LogP contribution in [0.2, 0.25) is 5.02 Å². The zero-order valence-electron chi connectivity index (χ0n) is 10.4. The maximum absolute atomic E-state index is 10.4. The quantitative estimate of drug-likeness (QED) is 0.757. The fourth-order valence-corrected chi connectivity index (χ4v) is 2.30. The van der Waals surface area contributed by atoms with E-state index in [1.54, 1.807) is 24.3 Å². The molecule has 4 nitrogen and oxygen atoms in total. The first kappa shape index (κ1) is 16.0. The number of rotatable bonds is 7. The maximum atomic E-state index is 10.4. The van der Waals surface area contributed by atoms with Crippen LogP contribution in [0.4, 0.5) is 0 Å². The van der Waals surface area contributed by atoms with Gasteiger partial charge in [-0.05, 0) is 34.5 Å². The standard InChI is InChI=1S/C13H14BrClO4/c1-18-8-19-9-6-11(14)10(12(15)7-9)4-2-3-5-13(16)17/h2,4,6-7H,3,5,8H2,1H3,(H,16,17)/b4-2+. The van der Waals surface area contributed by atoms with Crippen LogP contribution in [-0.4, -0.2) is 25.0 Å². The van der Waals surface area contributed by atoms with Crippen molar-refractivity contribution in [1.29, 1.82) is 0 Å². The Morgan fingerprint density at radius 1 is 1.53 bits per heavy atom. The predicted octanol–water partition coefficient (Wildman–Crippen LogP) is 3.96. The number of carbonyl (C=O) groups is 1. The minimum absolute atomic E-state index is 0.0980. The number of hydrogen-bond donors (Lipinski definition) is 1. The third-order valence-corrected chi connectivity index (χ3v) is 3.17. The van der Waals surface area contributed by atoms with Gasteiger partial charge in [-0.15, -0.1) is 0 Å². The molecule has 19 heavy (non-hydrogen) atoms. The zero-order valence-corrected chi connectivity index (χ0v) is 12.7. The summed E-state index contributed by atoms with van der Waals surface area (Å²) in [6.45, 7) is 0.149. The molecule has 104 valence electrons. The lowest BCUT2D eigenvalue weighted by Gasteiger charge is -2.08. The second-order valence-electron chi connectivity index (χ2n) is 3.69. The lowest BCUT2D eigenvalue weighted by Crippen LogP contribution is -1.99. The van der Waals surface area contributed by atoms with Gasteiger partial charge in [0.15, 0.2) is 6.79 Å². The highest BCUT2D eigenvalue weighted by atomic mass is 79.9. The van der Waals surface area contributed by atoms with E-state index in [2.05, 4.69) is 15.9 Å². The van der Waals surface area contributed by atoms with E-state index in [1.807, 2.05) is 0 Å². The largest absolute Gasteiger partial charge is 0.481 e. The third kappa shape index (κ3) is 5.63. The molecule has 1 N–H and O–H groups in total. The molecule has 0 aliphatic rings. The number of aliphatic carboxylic acids is 1. The molecule has 1 rings (SSSR count). The number of carboxylic acids is 1. The molecule has 0 atom stereocenters. The summed E-state index contributed by atoms with van der Waals surface area (Å²) in [6.07, 6.45) is 4.12. The Balaban J connectivity index is 2.76. The lowest BCUT2D eigenvalue weighted by molar-refractivity contribution is -0.136.